The SMILES string of the molecule is N[C@H]1[C@H](N)COC(OCc2ccccc2)[C@@H]1OCc1ccccc1. The molecule has 1 unspecified atom stereocenters. The molecule has 0 saturated carbocycles. The van der Waals surface area contributed by atoms with Gasteiger partial charge in [0, 0.05) is 6.04 Å². The van der Waals surface area contributed by atoms with Crippen molar-refractivity contribution in [2.24, 2.45) is 11.5 Å². The Bertz CT molecular complexity index is 609. The van der Waals surface area contributed by atoms with Gasteiger partial charge in [0.15, 0.2) is 6.29 Å². The summed E-state index contributed by atoms with van der Waals surface area (Å²) in [6.45, 7) is 1.25. The molecule has 1 aliphatic heterocycles. The summed E-state index contributed by atoms with van der Waals surface area (Å²) in [4.78, 5) is 0. The molecule has 128 valence electrons. The van der Waals surface area contributed by atoms with Gasteiger partial charge in [-0.2, -0.15) is 0 Å². The van der Waals surface area contributed by atoms with Gasteiger partial charge in [-0.25, -0.2) is 0 Å². The van der Waals surface area contributed by atoms with Crippen LogP contribution in [-0.4, -0.2) is 31.1 Å². The molecule has 24 heavy (non-hydrogen) atoms. The lowest BCUT2D eigenvalue weighted by Gasteiger charge is -2.39. The molecule has 1 aliphatic rings. The van der Waals surface area contributed by atoms with Gasteiger partial charge < -0.3 is 25.7 Å². The first-order valence-corrected chi connectivity index (χ1v) is 8.18. The Balaban J connectivity index is 1.61. The Morgan fingerprint density at radius 1 is 0.833 bits per heavy atom. The second-order valence-corrected chi connectivity index (χ2v) is 6.00. The van der Waals surface area contributed by atoms with Crippen molar-refractivity contribution in [1.82, 2.24) is 0 Å². The summed E-state index contributed by atoms with van der Waals surface area (Å²) in [5.74, 6) is 0. The Hall–Kier alpha value is -1.76. The third-order valence-electron chi connectivity index (χ3n) is 4.14. The minimum atomic E-state index is -0.524. The van der Waals surface area contributed by atoms with Crippen molar-refractivity contribution in [1.29, 1.82) is 0 Å². The summed E-state index contributed by atoms with van der Waals surface area (Å²) in [5.41, 5.74) is 14.4. The van der Waals surface area contributed by atoms with E-state index in [1.165, 1.54) is 0 Å². The highest BCUT2D eigenvalue weighted by Gasteiger charge is 2.38. The zero-order chi connectivity index (χ0) is 16.8. The van der Waals surface area contributed by atoms with E-state index in [1.807, 2.05) is 60.7 Å². The second kappa shape index (κ2) is 8.37. The van der Waals surface area contributed by atoms with E-state index in [0.29, 0.717) is 19.8 Å². The minimum absolute atomic E-state index is 0.262. The second-order valence-electron chi connectivity index (χ2n) is 6.00. The van der Waals surface area contributed by atoms with Crippen molar-refractivity contribution >= 4 is 0 Å². The molecule has 1 saturated heterocycles. The van der Waals surface area contributed by atoms with E-state index < -0.39 is 12.4 Å². The number of benzene rings is 2. The van der Waals surface area contributed by atoms with Crippen molar-refractivity contribution in [3.05, 3.63) is 71.8 Å². The molecule has 0 aromatic heterocycles. The topological polar surface area (TPSA) is 79.7 Å². The summed E-state index contributed by atoms with van der Waals surface area (Å²) >= 11 is 0. The molecule has 0 radical (unpaired) electrons. The van der Waals surface area contributed by atoms with Gasteiger partial charge in [0.05, 0.1) is 25.9 Å². The lowest BCUT2D eigenvalue weighted by atomic mass is 10.0. The van der Waals surface area contributed by atoms with Gasteiger partial charge in [0.1, 0.15) is 6.10 Å². The quantitative estimate of drug-likeness (QED) is 0.845. The average molecular weight is 328 g/mol. The standard InChI is InChI=1S/C19H24N2O3/c20-16-13-24-19(23-12-15-9-5-2-6-10-15)18(17(16)21)22-11-14-7-3-1-4-8-14/h1-10,16-19H,11-13,20-21H2/t16-,17+,18-,19?/m1/s1. The molecular formula is C19H24N2O3. The summed E-state index contributed by atoms with van der Waals surface area (Å²) in [6, 6.07) is 19.3. The van der Waals surface area contributed by atoms with Crippen LogP contribution >= 0.6 is 0 Å². The highest BCUT2D eigenvalue weighted by Crippen LogP contribution is 2.20. The average Bonchev–Trinajstić information content (AvgIpc) is 2.63. The number of ether oxygens (including phenoxy) is 3. The van der Waals surface area contributed by atoms with Gasteiger partial charge in [0.25, 0.3) is 0 Å². The Kier molecular flexibility index (Phi) is 5.96. The zero-order valence-electron chi connectivity index (χ0n) is 13.6. The van der Waals surface area contributed by atoms with Gasteiger partial charge in [-0.3, -0.25) is 0 Å². The lowest BCUT2D eigenvalue weighted by Crippen LogP contribution is -2.61. The number of hydrogen-bond acceptors (Lipinski definition) is 5. The van der Waals surface area contributed by atoms with Gasteiger partial charge >= 0.3 is 0 Å². The predicted octanol–water partition coefficient (Wildman–Crippen LogP) is 1.80. The normalized spacial score (nSPS) is 27.1. The maximum Gasteiger partial charge on any atom is 0.185 e. The van der Waals surface area contributed by atoms with E-state index in [1.54, 1.807) is 0 Å². The Labute approximate surface area is 142 Å². The monoisotopic (exact) mass is 328 g/mol. The van der Waals surface area contributed by atoms with Crippen LogP contribution in [0.15, 0.2) is 60.7 Å². The largest absolute Gasteiger partial charge is 0.367 e. The molecule has 0 spiro atoms. The highest BCUT2D eigenvalue weighted by molar-refractivity contribution is 5.14. The fourth-order valence-electron chi connectivity index (χ4n) is 2.69. The highest BCUT2D eigenvalue weighted by atomic mass is 16.7. The van der Waals surface area contributed by atoms with Crippen molar-refractivity contribution < 1.29 is 14.2 Å². The maximum atomic E-state index is 6.24. The van der Waals surface area contributed by atoms with Crippen LogP contribution in [-0.2, 0) is 27.4 Å². The molecule has 0 amide bonds. The minimum Gasteiger partial charge on any atom is -0.367 e. The maximum absolute atomic E-state index is 6.24. The fraction of sp³-hybridized carbons (Fsp3) is 0.368. The zero-order valence-corrected chi connectivity index (χ0v) is 13.6. The smallest absolute Gasteiger partial charge is 0.185 e. The van der Waals surface area contributed by atoms with Crippen LogP contribution in [0.4, 0.5) is 0 Å². The summed E-state index contributed by atoms with van der Waals surface area (Å²) in [5, 5.41) is 0. The van der Waals surface area contributed by atoms with Crippen LogP contribution in [0.1, 0.15) is 11.1 Å². The van der Waals surface area contributed by atoms with Crippen molar-refractivity contribution in [2.45, 2.75) is 37.7 Å². The lowest BCUT2D eigenvalue weighted by molar-refractivity contribution is -0.243. The Morgan fingerprint density at radius 2 is 1.38 bits per heavy atom. The molecule has 5 nitrogen and oxygen atoms in total. The van der Waals surface area contributed by atoms with Gasteiger partial charge in [-0.05, 0) is 11.1 Å². The molecule has 0 aliphatic carbocycles. The number of rotatable bonds is 6. The van der Waals surface area contributed by atoms with Crippen LogP contribution in [0.5, 0.6) is 0 Å². The molecule has 5 heteroatoms. The molecule has 1 heterocycles. The van der Waals surface area contributed by atoms with E-state index in [-0.39, 0.29) is 12.1 Å². The number of hydrogen-bond donors (Lipinski definition) is 2. The molecular weight excluding hydrogens is 304 g/mol. The first-order valence-electron chi connectivity index (χ1n) is 8.18. The Morgan fingerprint density at radius 3 is 1.96 bits per heavy atom. The van der Waals surface area contributed by atoms with Crippen LogP contribution in [0.2, 0.25) is 0 Å². The molecule has 2 aromatic rings. The summed E-state index contributed by atoms with van der Waals surface area (Å²) < 4.78 is 17.6. The predicted molar refractivity (Wildman–Crippen MR) is 91.9 cm³/mol. The van der Waals surface area contributed by atoms with Crippen molar-refractivity contribution in [3.8, 4) is 0 Å². The fourth-order valence-corrected chi connectivity index (χ4v) is 2.69. The number of nitrogens with two attached hydrogens (primary N) is 2. The van der Waals surface area contributed by atoms with E-state index in [0.717, 1.165) is 11.1 Å². The molecule has 4 N–H and O–H groups in total. The van der Waals surface area contributed by atoms with E-state index in [4.69, 9.17) is 25.7 Å². The van der Waals surface area contributed by atoms with E-state index in [9.17, 15) is 0 Å². The first kappa shape index (κ1) is 17.1. The van der Waals surface area contributed by atoms with E-state index in [2.05, 4.69) is 0 Å². The molecule has 3 rings (SSSR count). The van der Waals surface area contributed by atoms with Gasteiger partial charge in [0.2, 0.25) is 0 Å². The van der Waals surface area contributed by atoms with Crippen LogP contribution in [0, 0.1) is 0 Å². The van der Waals surface area contributed by atoms with Gasteiger partial charge in [-0.15, -0.1) is 0 Å². The van der Waals surface area contributed by atoms with Crippen LogP contribution in [0.3, 0.4) is 0 Å². The molecule has 2 aromatic carbocycles. The van der Waals surface area contributed by atoms with Crippen molar-refractivity contribution in [3.63, 3.8) is 0 Å². The van der Waals surface area contributed by atoms with Crippen LogP contribution in [0.25, 0.3) is 0 Å². The first-order chi connectivity index (χ1) is 11.7. The van der Waals surface area contributed by atoms with Gasteiger partial charge in [-0.1, -0.05) is 60.7 Å². The molecule has 1 fully saturated rings. The summed E-state index contributed by atoms with van der Waals surface area (Å²) in [7, 11) is 0. The van der Waals surface area contributed by atoms with Crippen molar-refractivity contribution in [2.75, 3.05) is 6.61 Å². The third-order valence-corrected chi connectivity index (χ3v) is 4.14. The summed E-state index contributed by atoms with van der Waals surface area (Å²) in [6.07, 6.45) is -0.929. The van der Waals surface area contributed by atoms with Crippen LogP contribution < -0.4 is 11.5 Å². The van der Waals surface area contributed by atoms with E-state index >= 15 is 0 Å². The third kappa shape index (κ3) is 4.41. The molecule has 0 bridgehead atoms. The molecule has 4 atom stereocenters.